The zero-order chi connectivity index (χ0) is 12.8. The predicted molar refractivity (Wildman–Crippen MR) is 69.9 cm³/mol. The molecule has 1 aromatic carbocycles. The molecule has 0 aliphatic heterocycles. The fourth-order valence-corrected chi connectivity index (χ4v) is 1.65. The first-order chi connectivity index (χ1) is 8.81. The Hall–Kier alpha value is -2.34. The summed E-state index contributed by atoms with van der Waals surface area (Å²) in [5.41, 5.74) is 0.880. The van der Waals surface area contributed by atoms with Crippen LogP contribution in [0.25, 0.3) is 10.8 Å². The molecule has 0 radical (unpaired) electrons. The summed E-state index contributed by atoms with van der Waals surface area (Å²) in [5, 5.41) is 2.09. The molecule has 0 bridgehead atoms. The molecule has 2 rings (SSSR count). The average molecular weight is 239 g/mol. The first-order valence-corrected chi connectivity index (χ1v) is 5.78. The van der Waals surface area contributed by atoms with Gasteiger partial charge >= 0.3 is 5.97 Å². The number of pyridine rings is 1. The van der Waals surface area contributed by atoms with E-state index in [1.807, 2.05) is 24.3 Å². The van der Waals surface area contributed by atoms with E-state index in [1.54, 1.807) is 19.3 Å². The summed E-state index contributed by atoms with van der Waals surface area (Å²) in [5.74, 6) is 5.52. The Bertz CT molecular complexity index is 618. The van der Waals surface area contributed by atoms with Gasteiger partial charge in [-0.1, -0.05) is 24.0 Å². The lowest BCUT2D eigenvalue weighted by Gasteiger charge is -1.99. The van der Waals surface area contributed by atoms with Crippen LogP contribution in [0.15, 0.2) is 36.7 Å². The standard InChI is InChI=1S/C15H13NO2/c1-2-18-15(17)8-4-7-12-5-3-6-13-9-10-16-11-14(12)13/h3,5-6,9-11H,2,8H2,1H3. The van der Waals surface area contributed by atoms with Crippen LogP contribution in [0, 0.1) is 11.8 Å². The number of carbonyl (C=O) groups is 1. The zero-order valence-electron chi connectivity index (χ0n) is 10.1. The van der Waals surface area contributed by atoms with E-state index in [0.29, 0.717) is 6.61 Å². The molecular formula is C15H13NO2. The Kier molecular flexibility index (Phi) is 3.93. The van der Waals surface area contributed by atoms with Gasteiger partial charge in [-0.3, -0.25) is 9.78 Å². The summed E-state index contributed by atoms with van der Waals surface area (Å²) >= 11 is 0. The van der Waals surface area contributed by atoms with Crippen LogP contribution < -0.4 is 0 Å². The SMILES string of the molecule is CCOC(=O)CC#Cc1cccc2ccncc12. The molecule has 18 heavy (non-hydrogen) atoms. The van der Waals surface area contributed by atoms with Gasteiger partial charge in [0.1, 0.15) is 6.42 Å². The zero-order valence-corrected chi connectivity index (χ0v) is 10.1. The van der Waals surface area contributed by atoms with E-state index in [-0.39, 0.29) is 12.4 Å². The lowest BCUT2D eigenvalue weighted by atomic mass is 10.1. The summed E-state index contributed by atoms with van der Waals surface area (Å²) in [4.78, 5) is 15.2. The first-order valence-electron chi connectivity index (χ1n) is 5.78. The largest absolute Gasteiger partial charge is 0.465 e. The number of esters is 1. The number of hydrogen-bond acceptors (Lipinski definition) is 3. The second-order valence-electron chi connectivity index (χ2n) is 3.69. The van der Waals surface area contributed by atoms with E-state index < -0.39 is 0 Å². The molecule has 0 unspecified atom stereocenters. The highest BCUT2D eigenvalue weighted by Gasteiger charge is 1.98. The van der Waals surface area contributed by atoms with Crippen LogP contribution in [0.5, 0.6) is 0 Å². The Morgan fingerprint density at radius 3 is 3.11 bits per heavy atom. The van der Waals surface area contributed by atoms with Crippen molar-refractivity contribution in [2.24, 2.45) is 0 Å². The number of nitrogens with zero attached hydrogens (tertiary/aromatic N) is 1. The molecule has 0 N–H and O–H groups in total. The van der Waals surface area contributed by atoms with E-state index in [4.69, 9.17) is 4.74 Å². The van der Waals surface area contributed by atoms with Crippen LogP contribution in [0.2, 0.25) is 0 Å². The van der Waals surface area contributed by atoms with Crippen LogP contribution in [-0.4, -0.2) is 17.6 Å². The van der Waals surface area contributed by atoms with Crippen LogP contribution in [0.1, 0.15) is 18.9 Å². The van der Waals surface area contributed by atoms with Gasteiger partial charge in [-0.15, -0.1) is 0 Å². The van der Waals surface area contributed by atoms with Crippen LogP contribution in [-0.2, 0) is 9.53 Å². The molecule has 0 fully saturated rings. The normalized spacial score (nSPS) is 9.61. The van der Waals surface area contributed by atoms with E-state index >= 15 is 0 Å². The van der Waals surface area contributed by atoms with Gasteiger partial charge in [0, 0.05) is 23.3 Å². The van der Waals surface area contributed by atoms with Gasteiger partial charge in [0.2, 0.25) is 0 Å². The molecule has 0 amide bonds. The number of ether oxygens (including phenoxy) is 1. The lowest BCUT2D eigenvalue weighted by Crippen LogP contribution is -2.01. The van der Waals surface area contributed by atoms with Crippen molar-refractivity contribution in [2.45, 2.75) is 13.3 Å². The average Bonchev–Trinajstić information content (AvgIpc) is 2.39. The highest BCUT2D eigenvalue weighted by Crippen LogP contribution is 2.16. The number of fused-ring (bicyclic) bond motifs is 1. The maximum Gasteiger partial charge on any atom is 0.317 e. The minimum absolute atomic E-state index is 0.116. The van der Waals surface area contributed by atoms with Crippen molar-refractivity contribution in [2.75, 3.05) is 6.61 Å². The highest BCUT2D eigenvalue weighted by molar-refractivity contribution is 5.87. The van der Waals surface area contributed by atoms with Crippen LogP contribution in [0.3, 0.4) is 0 Å². The van der Waals surface area contributed by atoms with Crippen molar-refractivity contribution in [1.29, 1.82) is 0 Å². The maximum absolute atomic E-state index is 11.2. The van der Waals surface area contributed by atoms with Gasteiger partial charge in [0.25, 0.3) is 0 Å². The van der Waals surface area contributed by atoms with Crippen LogP contribution >= 0.6 is 0 Å². The smallest absolute Gasteiger partial charge is 0.317 e. The maximum atomic E-state index is 11.2. The van der Waals surface area contributed by atoms with Gasteiger partial charge in [0.15, 0.2) is 0 Å². The molecule has 0 aliphatic rings. The topological polar surface area (TPSA) is 39.2 Å². The lowest BCUT2D eigenvalue weighted by molar-refractivity contribution is -0.141. The molecule has 1 aromatic heterocycles. The predicted octanol–water partition coefficient (Wildman–Crippen LogP) is 2.54. The summed E-state index contributed by atoms with van der Waals surface area (Å²) in [7, 11) is 0. The Balaban J connectivity index is 2.22. The van der Waals surface area contributed by atoms with Gasteiger partial charge < -0.3 is 4.74 Å². The molecule has 3 nitrogen and oxygen atoms in total. The first kappa shape index (κ1) is 12.1. The highest BCUT2D eigenvalue weighted by atomic mass is 16.5. The quantitative estimate of drug-likeness (QED) is 0.597. The molecule has 3 heteroatoms. The van der Waals surface area contributed by atoms with Crippen LogP contribution in [0.4, 0.5) is 0 Å². The van der Waals surface area contributed by atoms with E-state index in [0.717, 1.165) is 16.3 Å². The summed E-state index contributed by atoms with van der Waals surface area (Å²) in [6.07, 6.45) is 3.65. The van der Waals surface area contributed by atoms with Crippen molar-refractivity contribution in [1.82, 2.24) is 4.98 Å². The molecule has 0 atom stereocenters. The number of benzene rings is 1. The third kappa shape index (κ3) is 2.86. The minimum atomic E-state index is -0.289. The molecule has 0 saturated heterocycles. The Morgan fingerprint density at radius 2 is 2.28 bits per heavy atom. The van der Waals surface area contributed by atoms with Crippen molar-refractivity contribution in [3.05, 3.63) is 42.2 Å². The van der Waals surface area contributed by atoms with Crippen molar-refractivity contribution >= 4 is 16.7 Å². The number of carbonyl (C=O) groups excluding carboxylic acids is 1. The van der Waals surface area contributed by atoms with Crippen molar-refractivity contribution in [3.8, 4) is 11.8 Å². The summed E-state index contributed by atoms with van der Waals surface area (Å²) in [6.45, 7) is 2.17. The Morgan fingerprint density at radius 1 is 1.39 bits per heavy atom. The molecule has 0 spiro atoms. The summed E-state index contributed by atoms with van der Waals surface area (Å²) < 4.78 is 4.81. The number of rotatable bonds is 2. The van der Waals surface area contributed by atoms with Gasteiger partial charge in [-0.05, 0) is 24.4 Å². The fourth-order valence-electron chi connectivity index (χ4n) is 1.65. The minimum Gasteiger partial charge on any atom is -0.465 e. The van der Waals surface area contributed by atoms with E-state index in [2.05, 4.69) is 16.8 Å². The van der Waals surface area contributed by atoms with Gasteiger partial charge in [-0.25, -0.2) is 0 Å². The number of aromatic nitrogens is 1. The summed E-state index contributed by atoms with van der Waals surface area (Å²) in [6, 6.07) is 7.80. The van der Waals surface area contributed by atoms with E-state index in [1.165, 1.54) is 0 Å². The van der Waals surface area contributed by atoms with E-state index in [9.17, 15) is 4.79 Å². The molecule has 0 saturated carbocycles. The third-order valence-electron chi connectivity index (χ3n) is 2.44. The second-order valence-corrected chi connectivity index (χ2v) is 3.69. The second kappa shape index (κ2) is 5.83. The molecule has 1 heterocycles. The number of hydrogen-bond donors (Lipinski definition) is 0. The fraction of sp³-hybridized carbons (Fsp3) is 0.200. The van der Waals surface area contributed by atoms with Gasteiger partial charge in [-0.2, -0.15) is 0 Å². The van der Waals surface area contributed by atoms with Gasteiger partial charge in [0.05, 0.1) is 6.61 Å². The Labute approximate surface area is 106 Å². The molecule has 90 valence electrons. The monoisotopic (exact) mass is 239 g/mol. The molecule has 2 aromatic rings. The molecule has 0 aliphatic carbocycles. The third-order valence-corrected chi connectivity index (χ3v) is 2.44. The van der Waals surface area contributed by atoms with Crippen molar-refractivity contribution < 1.29 is 9.53 Å². The van der Waals surface area contributed by atoms with Crippen molar-refractivity contribution in [3.63, 3.8) is 0 Å². The molecular weight excluding hydrogens is 226 g/mol.